The minimum absolute atomic E-state index is 0.0741. The molecule has 0 bridgehead atoms. The highest BCUT2D eigenvalue weighted by molar-refractivity contribution is 5.78. The standard InChI is InChI=1S/C18H30N2O2/c1-15(21)20(13-11-16-7-3-2-4-8-16)14-12-18(22)19-17-9-5-6-10-17/h7,17H,2-6,8-14H2,1H3,(H,19,22). The summed E-state index contributed by atoms with van der Waals surface area (Å²) in [6.07, 6.45) is 13.3. The first kappa shape index (κ1) is 17.0. The fraction of sp³-hybridized carbons (Fsp3) is 0.778. The first-order valence-corrected chi connectivity index (χ1v) is 8.88. The van der Waals surface area contributed by atoms with Crippen LogP contribution in [0.3, 0.4) is 0 Å². The number of carbonyl (C=O) groups is 2. The SMILES string of the molecule is CC(=O)N(CCC(=O)NC1CCCC1)CCC1=CCCCC1. The number of allylic oxidation sites excluding steroid dienone is 1. The van der Waals surface area contributed by atoms with Crippen LogP contribution in [0, 0.1) is 0 Å². The van der Waals surface area contributed by atoms with Crippen LogP contribution >= 0.6 is 0 Å². The maximum absolute atomic E-state index is 12.0. The van der Waals surface area contributed by atoms with Crippen molar-refractivity contribution in [2.75, 3.05) is 13.1 Å². The molecule has 0 radical (unpaired) electrons. The smallest absolute Gasteiger partial charge is 0.221 e. The van der Waals surface area contributed by atoms with E-state index in [0.717, 1.165) is 25.8 Å². The van der Waals surface area contributed by atoms with Crippen LogP contribution in [-0.4, -0.2) is 35.8 Å². The van der Waals surface area contributed by atoms with Gasteiger partial charge in [-0.05, 0) is 44.9 Å². The Balaban J connectivity index is 1.70. The zero-order valence-corrected chi connectivity index (χ0v) is 13.9. The van der Waals surface area contributed by atoms with Crippen LogP contribution < -0.4 is 5.32 Å². The molecule has 2 amide bonds. The van der Waals surface area contributed by atoms with Gasteiger partial charge in [0, 0.05) is 32.5 Å². The number of rotatable bonds is 7. The summed E-state index contributed by atoms with van der Waals surface area (Å²) in [5.41, 5.74) is 1.48. The number of nitrogens with one attached hydrogen (secondary N) is 1. The van der Waals surface area contributed by atoms with Gasteiger partial charge < -0.3 is 10.2 Å². The number of hydrogen-bond acceptors (Lipinski definition) is 2. The van der Waals surface area contributed by atoms with Crippen molar-refractivity contribution >= 4 is 11.8 Å². The minimum Gasteiger partial charge on any atom is -0.353 e. The maximum atomic E-state index is 12.0. The Morgan fingerprint density at radius 1 is 1.18 bits per heavy atom. The van der Waals surface area contributed by atoms with E-state index in [-0.39, 0.29) is 11.8 Å². The van der Waals surface area contributed by atoms with Gasteiger partial charge in [-0.25, -0.2) is 0 Å². The second-order valence-corrected chi connectivity index (χ2v) is 6.66. The summed E-state index contributed by atoms with van der Waals surface area (Å²) in [6, 6.07) is 0.366. The highest BCUT2D eigenvalue weighted by atomic mass is 16.2. The fourth-order valence-corrected chi connectivity index (χ4v) is 3.44. The molecule has 0 aromatic rings. The number of nitrogens with zero attached hydrogens (tertiary/aromatic N) is 1. The van der Waals surface area contributed by atoms with Crippen LogP contribution in [0.25, 0.3) is 0 Å². The Hall–Kier alpha value is -1.32. The van der Waals surface area contributed by atoms with Crippen molar-refractivity contribution in [2.24, 2.45) is 0 Å². The van der Waals surface area contributed by atoms with Gasteiger partial charge >= 0.3 is 0 Å². The Kier molecular flexibility index (Phi) is 6.94. The van der Waals surface area contributed by atoms with Gasteiger partial charge in [0.2, 0.25) is 11.8 Å². The van der Waals surface area contributed by atoms with Crippen molar-refractivity contribution in [3.8, 4) is 0 Å². The van der Waals surface area contributed by atoms with Gasteiger partial charge in [-0.15, -0.1) is 0 Å². The molecular weight excluding hydrogens is 276 g/mol. The molecule has 0 spiro atoms. The van der Waals surface area contributed by atoms with E-state index in [4.69, 9.17) is 0 Å². The van der Waals surface area contributed by atoms with E-state index in [0.29, 0.717) is 19.0 Å². The second kappa shape index (κ2) is 8.96. The first-order chi connectivity index (χ1) is 10.6. The van der Waals surface area contributed by atoms with Crippen LogP contribution in [0.15, 0.2) is 11.6 Å². The van der Waals surface area contributed by atoms with E-state index in [1.54, 1.807) is 6.92 Å². The normalized spacial score (nSPS) is 18.9. The monoisotopic (exact) mass is 306 g/mol. The van der Waals surface area contributed by atoms with E-state index in [1.165, 1.54) is 44.1 Å². The summed E-state index contributed by atoms with van der Waals surface area (Å²) in [4.78, 5) is 25.5. The predicted molar refractivity (Wildman–Crippen MR) is 88.4 cm³/mol. The summed E-state index contributed by atoms with van der Waals surface area (Å²) in [5.74, 6) is 0.167. The lowest BCUT2D eigenvalue weighted by Gasteiger charge is -2.23. The van der Waals surface area contributed by atoms with Crippen molar-refractivity contribution in [2.45, 2.75) is 77.2 Å². The average molecular weight is 306 g/mol. The molecule has 2 rings (SSSR count). The Labute approximate surface area is 134 Å². The van der Waals surface area contributed by atoms with Crippen LogP contribution in [0.2, 0.25) is 0 Å². The summed E-state index contributed by atoms with van der Waals surface area (Å²) < 4.78 is 0. The zero-order valence-electron chi connectivity index (χ0n) is 13.9. The molecular formula is C18H30N2O2. The largest absolute Gasteiger partial charge is 0.353 e. The van der Waals surface area contributed by atoms with Crippen LogP contribution in [-0.2, 0) is 9.59 Å². The average Bonchev–Trinajstić information content (AvgIpc) is 3.00. The zero-order chi connectivity index (χ0) is 15.8. The van der Waals surface area contributed by atoms with Crippen molar-refractivity contribution in [3.05, 3.63) is 11.6 Å². The lowest BCUT2D eigenvalue weighted by Crippen LogP contribution is -2.37. The van der Waals surface area contributed by atoms with Gasteiger partial charge in [0.05, 0.1) is 0 Å². The molecule has 1 saturated carbocycles. The number of hydrogen-bond donors (Lipinski definition) is 1. The molecule has 0 aromatic heterocycles. The van der Waals surface area contributed by atoms with Crippen molar-refractivity contribution in [3.63, 3.8) is 0 Å². The molecule has 0 atom stereocenters. The van der Waals surface area contributed by atoms with Crippen molar-refractivity contribution < 1.29 is 9.59 Å². The lowest BCUT2D eigenvalue weighted by molar-refractivity contribution is -0.129. The Morgan fingerprint density at radius 2 is 1.95 bits per heavy atom. The molecule has 0 saturated heterocycles. The Bertz CT molecular complexity index is 411. The molecule has 0 unspecified atom stereocenters. The molecule has 4 nitrogen and oxygen atoms in total. The molecule has 22 heavy (non-hydrogen) atoms. The topological polar surface area (TPSA) is 49.4 Å². The maximum Gasteiger partial charge on any atom is 0.221 e. The van der Waals surface area contributed by atoms with E-state index < -0.39 is 0 Å². The fourth-order valence-electron chi connectivity index (χ4n) is 3.44. The molecule has 2 aliphatic rings. The van der Waals surface area contributed by atoms with Gasteiger partial charge in [-0.2, -0.15) is 0 Å². The lowest BCUT2D eigenvalue weighted by atomic mass is 9.97. The number of carbonyl (C=O) groups excluding carboxylic acids is 2. The summed E-state index contributed by atoms with van der Waals surface area (Å²) >= 11 is 0. The molecule has 1 N–H and O–H groups in total. The van der Waals surface area contributed by atoms with Gasteiger partial charge in [0.15, 0.2) is 0 Å². The first-order valence-electron chi connectivity index (χ1n) is 8.88. The molecule has 2 aliphatic carbocycles. The van der Waals surface area contributed by atoms with E-state index in [9.17, 15) is 9.59 Å². The summed E-state index contributed by atoms with van der Waals surface area (Å²) in [5, 5.41) is 3.09. The van der Waals surface area contributed by atoms with Crippen LogP contribution in [0.1, 0.15) is 71.1 Å². The highest BCUT2D eigenvalue weighted by Crippen LogP contribution is 2.20. The van der Waals surface area contributed by atoms with Gasteiger partial charge in [-0.3, -0.25) is 9.59 Å². The van der Waals surface area contributed by atoms with Crippen molar-refractivity contribution in [1.29, 1.82) is 0 Å². The molecule has 0 aliphatic heterocycles. The van der Waals surface area contributed by atoms with Gasteiger partial charge in [0.1, 0.15) is 0 Å². The van der Waals surface area contributed by atoms with Crippen LogP contribution in [0.4, 0.5) is 0 Å². The molecule has 1 fully saturated rings. The summed E-state index contributed by atoms with van der Waals surface area (Å²) in [6.45, 7) is 2.89. The second-order valence-electron chi connectivity index (χ2n) is 6.66. The van der Waals surface area contributed by atoms with Crippen LogP contribution in [0.5, 0.6) is 0 Å². The molecule has 124 valence electrons. The van der Waals surface area contributed by atoms with Crippen molar-refractivity contribution in [1.82, 2.24) is 10.2 Å². The number of amides is 2. The predicted octanol–water partition coefficient (Wildman–Crippen LogP) is 3.17. The Morgan fingerprint density at radius 3 is 2.59 bits per heavy atom. The summed E-state index contributed by atoms with van der Waals surface area (Å²) in [7, 11) is 0. The third-order valence-corrected chi connectivity index (χ3v) is 4.86. The third kappa shape index (κ3) is 5.82. The quantitative estimate of drug-likeness (QED) is 0.734. The van der Waals surface area contributed by atoms with E-state index in [1.807, 2.05) is 4.90 Å². The third-order valence-electron chi connectivity index (χ3n) is 4.86. The molecule has 0 heterocycles. The van der Waals surface area contributed by atoms with E-state index in [2.05, 4.69) is 11.4 Å². The molecule has 0 aromatic carbocycles. The minimum atomic E-state index is 0.0741. The van der Waals surface area contributed by atoms with Gasteiger partial charge in [-0.1, -0.05) is 24.5 Å². The molecule has 4 heteroatoms. The van der Waals surface area contributed by atoms with E-state index >= 15 is 0 Å². The van der Waals surface area contributed by atoms with Gasteiger partial charge in [0.25, 0.3) is 0 Å². The highest BCUT2D eigenvalue weighted by Gasteiger charge is 2.18.